The van der Waals surface area contributed by atoms with Crippen molar-refractivity contribution in [2.45, 2.75) is 31.8 Å². The minimum Gasteiger partial charge on any atom is -0.368 e. The molecule has 1 aliphatic heterocycles. The molecule has 0 unspecified atom stereocenters. The Balaban J connectivity index is 1.67. The highest BCUT2D eigenvalue weighted by Gasteiger charge is 2.23. The second-order valence-corrected chi connectivity index (χ2v) is 5.23. The summed E-state index contributed by atoms with van der Waals surface area (Å²) in [5, 5.41) is 0. The summed E-state index contributed by atoms with van der Waals surface area (Å²) in [5.41, 5.74) is 0. The van der Waals surface area contributed by atoms with Gasteiger partial charge in [-0.15, -0.1) is 0 Å². The first-order chi connectivity index (χ1) is 8.65. The van der Waals surface area contributed by atoms with Crippen LogP contribution >= 0.6 is 0 Å². The van der Waals surface area contributed by atoms with Crippen molar-refractivity contribution in [3.63, 3.8) is 0 Å². The molecule has 1 saturated heterocycles. The third kappa shape index (κ3) is 3.78. The third-order valence-corrected chi connectivity index (χ3v) is 3.79. The third-order valence-electron chi connectivity index (χ3n) is 3.79. The highest BCUT2D eigenvalue weighted by Crippen LogP contribution is 2.17. The first-order valence-corrected chi connectivity index (χ1v) is 6.75. The van der Waals surface area contributed by atoms with E-state index >= 15 is 0 Å². The van der Waals surface area contributed by atoms with Crippen molar-refractivity contribution >= 4 is 11.7 Å². The maximum Gasteiger partial charge on any atom is 0.248 e. The molecule has 2 fully saturated rings. The van der Waals surface area contributed by atoms with Crippen LogP contribution in [0.1, 0.15) is 25.7 Å². The molecule has 1 heterocycles. The number of nitrogens with zero attached hydrogens (tertiary/aromatic N) is 2. The smallest absolute Gasteiger partial charge is 0.248 e. The van der Waals surface area contributed by atoms with Crippen molar-refractivity contribution in [1.29, 1.82) is 0 Å². The molecular formula is C13H22N2O3. The average molecular weight is 254 g/mol. The van der Waals surface area contributed by atoms with Crippen molar-refractivity contribution < 1.29 is 14.3 Å². The van der Waals surface area contributed by atoms with Gasteiger partial charge in [0.25, 0.3) is 0 Å². The molecule has 102 valence electrons. The molecule has 0 aromatic rings. The fourth-order valence-electron chi connectivity index (χ4n) is 2.42. The molecule has 0 spiro atoms. The van der Waals surface area contributed by atoms with E-state index in [0.717, 1.165) is 39.0 Å². The van der Waals surface area contributed by atoms with Crippen LogP contribution in [-0.4, -0.2) is 67.4 Å². The minimum absolute atomic E-state index is 0.0833. The Morgan fingerprint density at radius 1 is 1.22 bits per heavy atom. The van der Waals surface area contributed by atoms with Crippen LogP contribution in [0.15, 0.2) is 0 Å². The van der Waals surface area contributed by atoms with E-state index in [2.05, 4.69) is 11.9 Å². The van der Waals surface area contributed by atoms with Crippen molar-refractivity contribution in [1.82, 2.24) is 9.80 Å². The van der Waals surface area contributed by atoms with Crippen LogP contribution in [0.3, 0.4) is 0 Å². The zero-order valence-corrected chi connectivity index (χ0v) is 11.1. The maximum atomic E-state index is 11.9. The van der Waals surface area contributed by atoms with E-state index in [-0.39, 0.29) is 18.6 Å². The van der Waals surface area contributed by atoms with Crippen LogP contribution in [0, 0.1) is 0 Å². The number of ether oxygens (including phenoxy) is 1. The highest BCUT2D eigenvalue weighted by atomic mass is 16.5. The molecular weight excluding hydrogens is 232 g/mol. The number of ketones is 1. The fraction of sp³-hybridized carbons (Fsp3) is 0.846. The van der Waals surface area contributed by atoms with E-state index in [1.54, 1.807) is 0 Å². The summed E-state index contributed by atoms with van der Waals surface area (Å²) < 4.78 is 5.62. The van der Waals surface area contributed by atoms with Gasteiger partial charge in [-0.1, -0.05) is 0 Å². The van der Waals surface area contributed by atoms with Gasteiger partial charge < -0.3 is 14.5 Å². The molecule has 2 aliphatic rings. The SMILES string of the molecule is CN1CCN(C(=O)COC2CCC(=O)CC2)CC1. The second-order valence-electron chi connectivity index (χ2n) is 5.23. The lowest BCUT2D eigenvalue weighted by Gasteiger charge is -2.32. The first kappa shape index (κ1) is 13.5. The minimum atomic E-state index is 0.0833. The monoisotopic (exact) mass is 254 g/mol. The van der Waals surface area contributed by atoms with Crippen LogP contribution < -0.4 is 0 Å². The number of hydrogen-bond acceptors (Lipinski definition) is 4. The van der Waals surface area contributed by atoms with Gasteiger partial charge in [0, 0.05) is 39.0 Å². The molecule has 0 atom stereocenters. The Morgan fingerprint density at radius 2 is 1.83 bits per heavy atom. The summed E-state index contributed by atoms with van der Waals surface area (Å²) in [7, 11) is 2.07. The lowest BCUT2D eigenvalue weighted by Crippen LogP contribution is -2.48. The molecule has 0 radical (unpaired) electrons. The lowest BCUT2D eigenvalue weighted by atomic mass is 9.96. The zero-order valence-electron chi connectivity index (χ0n) is 11.1. The number of piperazine rings is 1. The number of amides is 1. The van der Waals surface area contributed by atoms with Crippen molar-refractivity contribution in [2.24, 2.45) is 0 Å². The molecule has 1 saturated carbocycles. The van der Waals surface area contributed by atoms with Gasteiger partial charge in [-0.05, 0) is 19.9 Å². The lowest BCUT2D eigenvalue weighted by molar-refractivity contribution is -0.140. The molecule has 1 amide bonds. The molecule has 1 aliphatic carbocycles. The quantitative estimate of drug-likeness (QED) is 0.726. The fourth-order valence-corrected chi connectivity index (χ4v) is 2.42. The van der Waals surface area contributed by atoms with Gasteiger partial charge in [-0.2, -0.15) is 0 Å². The zero-order chi connectivity index (χ0) is 13.0. The molecule has 5 heteroatoms. The van der Waals surface area contributed by atoms with Gasteiger partial charge >= 0.3 is 0 Å². The molecule has 2 rings (SSSR count). The molecule has 0 N–H and O–H groups in total. The Bertz CT molecular complexity index is 301. The van der Waals surface area contributed by atoms with E-state index in [4.69, 9.17) is 4.74 Å². The summed E-state index contributed by atoms with van der Waals surface area (Å²) in [4.78, 5) is 27.1. The number of Topliss-reactive ketones (excluding diaryl/α,β-unsaturated/α-hetero) is 1. The van der Waals surface area contributed by atoms with E-state index in [0.29, 0.717) is 18.6 Å². The van der Waals surface area contributed by atoms with E-state index in [9.17, 15) is 9.59 Å². The van der Waals surface area contributed by atoms with E-state index in [1.165, 1.54) is 0 Å². The summed E-state index contributed by atoms with van der Waals surface area (Å²) >= 11 is 0. The topological polar surface area (TPSA) is 49.9 Å². The average Bonchev–Trinajstić information content (AvgIpc) is 2.38. The van der Waals surface area contributed by atoms with Crippen LogP contribution in [-0.2, 0) is 14.3 Å². The maximum absolute atomic E-state index is 11.9. The van der Waals surface area contributed by atoms with Crippen LogP contribution in [0.25, 0.3) is 0 Å². The summed E-state index contributed by atoms with van der Waals surface area (Å²) in [6, 6.07) is 0. The Kier molecular flexibility index (Phi) is 4.72. The predicted octanol–water partition coefficient (Wildman–Crippen LogP) is 0.289. The molecule has 5 nitrogen and oxygen atoms in total. The standard InChI is InChI=1S/C13H22N2O3/c1-14-6-8-15(9-7-14)13(17)10-18-12-4-2-11(16)3-5-12/h12H,2-10H2,1H3. The first-order valence-electron chi connectivity index (χ1n) is 6.75. The van der Waals surface area contributed by atoms with Crippen LogP contribution in [0.2, 0.25) is 0 Å². The van der Waals surface area contributed by atoms with Crippen molar-refractivity contribution in [3.05, 3.63) is 0 Å². The Hall–Kier alpha value is -0.940. The van der Waals surface area contributed by atoms with Gasteiger partial charge in [0.15, 0.2) is 0 Å². The highest BCUT2D eigenvalue weighted by molar-refractivity contribution is 5.79. The molecule has 0 bridgehead atoms. The summed E-state index contributed by atoms with van der Waals surface area (Å²) in [5.74, 6) is 0.403. The number of carbonyl (C=O) groups is 2. The summed E-state index contributed by atoms with van der Waals surface area (Å²) in [6.45, 7) is 3.62. The predicted molar refractivity (Wildman–Crippen MR) is 67.3 cm³/mol. The van der Waals surface area contributed by atoms with Crippen molar-refractivity contribution in [3.8, 4) is 0 Å². The van der Waals surface area contributed by atoms with Crippen molar-refractivity contribution in [2.75, 3.05) is 39.8 Å². The molecule has 0 aromatic heterocycles. The van der Waals surface area contributed by atoms with Crippen LogP contribution in [0.5, 0.6) is 0 Å². The van der Waals surface area contributed by atoms with Gasteiger partial charge in [-0.25, -0.2) is 0 Å². The van der Waals surface area contributed by atoms with E-state index < -0.39 is 0 Å². The summed E-state index contributed by atoms with van der Waals surface area (Å²) in [6.07, 6.45) is 2.85. The number of likely N-dealkylation sites (N-methyl/N-ethyl adjacent to an activating group) is 1. The molecule has 18 heavy (non-hydrogen) atoms. The van der Waals surface area contributed by atoms with Gasteiger partial charge in [-0.3, -0.25) is 9.59 Å². The normalized spacial score (nSPS) is 23.4. The Morgan fingerprint density at radius 3 is 2.44 bits per heavy atom. The van der Waals surface area contributed by atoms with Gasteiger partial charge in [0.05, 0.1) is 6.10 Å². The van der Waals surface area contributed by atoms with E-state index in [1.807, 2.05) is 4.90 Å². The number of rotatable bonds is 3. The number of hydrogen-bond donors (Lipinski definition) is 0. The van der Waals surface area contributed by atoms with Crippen LogP contribution in [0.4, 0.5) is 0 Å². The number of carbonyl (C=O) groups excluding carboxylic acids is 2. The second kappa shape index (κ2) is 6.29. The van der Waals surface area contributed by atoms with Gasteiger partial charge in [0.2, 0.25) is 5.91 Å². The largest absolute Gasteiger partial charge is 0.368 e. The molecule has 0 aromatic carbocycles. The van der Waals surface area contributed by atoms with Gasteiger partial charge in [0.1, 0.15) is 12.4 Å². The Labute approximate surface area is 108 Å².